The summed E-state index contributed by atoms with van der Waals surface area (Å²) in [5, 5.41) is 7.89. The van der Waals surface area contributed by atoms with Crippen molar-refractivity contribution in [2.75, 3.05) is 23.8 Å². The molecule has 3 N–H and O–H groups in total. The van der Waals surface area contributed by atoms with Crippen molar-refractivity contribution >= 4 is 43.9 Å². The van der Waals surface area contributed by atoms with E-state index in [1.165, 1.54) is 11.3 Å². The van der Waals surface area contributed by atoms with E-state index < -0.39 is 10.8 Å². The Morgan fingerprint density at radius 2 is 2.25 bits per heavy atom. The number of carbonyl (C=O) groups excluding carboxylic acids is 1. The van der Waals surface area contributed by atoms with Gasteiger partial charge in [-0.1, -0.05) is 6.92 Å². The molecule has 0 fully saturated rings. The van der Waals surface area contributed by atoms with Gasteiger partial charge in [-0.3, -0.25) is 13.7 Å². The highest BCUT2D eigenvalue weighted by molar-refractivity contribution is 7.84. The van der Waals surface area contributed by atoms with Crippen LogP contribution in [0.3, 0.4) is 0 Å². The summed E-state index contributed by atoms with van der Waals surface area (Å²) in [6.45, 7) is 4.12. The Labute approximate surface area is 123 Å². The summed E-state index contributed by atoms with van der Waals surface area (Å²) >= 11 is 1.33. The van der Waals surface area contributed by atoms with E-state index in [1.807, 2.05) is 20.9 Å². The Hall–Kier alpha value is -1.41. The van der Waals surface area contributed by atoms with Crippen LogP contribution in [0.5, 0.6) is 0 Å². The summed E-state index contributed by atoms with van der Waals surface area (Å²) in [5.74, 6) is 0.857. The zero-order chi connectivity index (χ0) is 14.9. The molecule has 0 saturated heterocycles. The number of aryl methyl sites for hydroxylation is 2. The highest BCUT2D eigenvalue weighted by atomic mass is 32.2. The van der Waals surface area contributed by atoms with Crippen LogP contribution in [0.1, 0.15) is 22.3 Å². The van der Waals surface area contributed by atoms with Crippen molar-refractivity contribution in [3.8, 4) is 0 Å². The van der Waals surface area contributed by atoms with Crippen molar-refractivity contribution in [1.29, 1.82) is 0 Å². The molecule has 0 saturated carbocycles. The van der Waals surface area contributed by atoms with Crippen molar-refractivity contribution in [3.05, 3.63) is 10.6 Å². The fourth-order valence-corrected chi connectivity index (χ4v) is 3.72. The molecule has 1 amide bonds. The minimum absolute atomic E-state index is 0.212. The van der Waals surface area contributed by atoms with Crippen molar-refractivity contribution in [1.82, 2.24) is 15.1 Å². The Kier molecular flexibility index (Phi) is 4.44. The minimum Gasteiger partial charge on any atom is -0.397 e. The van der Waals surface area contributed by atoms with Crippen LogP contribution in [0, 0.1) is 6.92 Å². The van der Waals surface area contributed by atoms with Crippen LogP contribution < -0.4 is 11.1 Å². The Bertz CT molecular complexity index is 675. The first-order valence-corrected chi connectivity index (χ1v) is 8.60. The fourth-order valence-electron chi connectivity index (χ4n) is 2.00. The lowest BCUT2D eigenvalue weighted by Gasteiger charge is -2.03. The van der Waals surface area contributed by atoms with E-state index in [0.717, 1.165) is 15.9 Å². The van der Waals surface area contributed by atoms with Crippen molar-refractivity contribution in [3.63, 3.8) is 0 Å². The van der Waals surface area contributed by atoms with E-state index in [2.05, 4.69) is 10.4 Å². The van der Waals surface area contributed by atoms with Crippen molar-refractivity contribution < 1.29 is 9.00 Å². The lowest BCUT2D eigenvalue weighted by molar-refractivity contribution is 0.0961. The zero-order valence-corrected chi connectivity index (χ0v) is 13.4. The van der Waals surface area contributed by atoms with Crippen LogP contribution in [0.15, 0.2) is 0 Å². The number of nitrogen functional groups attached to an aromatic ring is 1. The number of anilines is 1. The Morgan fingerprint density at radius 3 is 2.85 bits per heavy atom. The number of hydrogen-bond acceptors (Lipinski definition) is 5. The molecule has 0 aromatic carbocycles. The summed E-state index contributed by atoms with van der Waals surface area (Å²) in [6, 6.07) is 0. The number of hydrogen-bond donors (Lipinski definition) is 2. The molecule has 1 unspecified atom stereocenters. The highest BCUT2D eigenvalue weighted by Crippen LogP contribution is 2.35. The first-order valence-electron chi connectivity index (χ1n) is 6.30. The number of aromatic nitrogens is 2. The van der Waals surface area contributed by atoms with E-state index in [-0.39, 0.29) is 5.91 Å². The number of nitrogens with two attached hydrogens (primary N) is 1. The quantitative estimate of drug-likeness (QED) is 0.862. The standard InChI is InChI=1S/C12H18N4O2S2/c1-4-20(18)6-5-14-11(17)10-9(13)8-7(2)15-16(3)12(8)19-10/h4-6,13H2,1-3H3,(H,14,17). The molecule has 2 aromatic heterocycles. The van der Waals surface area contributed by atoms with Crippen LogP contribution in [0.4, 0.5) is 5.69 Å². The van der Waals surface area contributed by atoms with Gasteiger partial charge in [-0.2, -0.15) is 5.10 Å². The van der Waals surface area contributed by atoms with Gasteiger partial charge in [0.15, 0.2) is 0 Å². The molecule has 2 heterocycles. The van der Waals surface area contributed by atoms with Gasteiger partial charge in [0.05, 0.1) is 16.8 Å². The molecule has 8 heteroatoms. The molecule has 1 atom stereocenters. The molecule has 0 aliphatic carbocycles. The second kappa shape index (κ2) is 5.92. The molecule has 2 rings (SSSR count). The lowest BCUT2D eigenvalue weighted by atomic mass is 10.2. The second-order valence-electron chi connectivity index (χ2n) is 4.42. The zero-order valence-electron chi connectivity index (χ0n) is 11.7. The molecule has 0 radical (unpaired) electrons. The van der Waals surface area contributed by atoms with Crippen molar-refractivity contribution in [2.45, 2.75) is 13.8 Å². The van der Waals surface area contributed by atoms with Crippen LogP contribution in [-0.2, 0) is 17.8 Å². The predicted octanol–water partition coefficient (Wildman–Crippen LogP) is 1.02. The molecule has 0 aliphatic rings. The number of amides is 1. The third kappa shape index (κ3) is 2.71. The number of fused-ring (bicyclic) bond motifs is 1. The van der Waals surface area contributed by atoms with Gasteiger partial charge >= 0.3 is 0 Å². The van der Waals surface area contributed by atoms with Gasteiger partial charge in [-0.05, 0) is 6.92 Å². The highest BCUT2D eigenvalue weighted by Gasteiger charge is 2.20. The molecular formula is C12H18N4O2S2. The van der Waals surface area contributed by atoms with Crippen LogP contribution in [0.25, 0.3) is 10.2 Å². The topological polar surface area (TPSA) is 90.0 Å². The predicted molar refractivity (Wildman–Crippen MR) is 83.6 cm³/mol. The maximum atomic E-state index is 12.1. The lowest BCUT2D eigenvalue weighted by Crippen LogP contribution is -2.27. The van der Waals surface area contributed by atoms with Gasteiger partial charge in [0.2, 0.25) is 0 Å². The van der Waals surface area contributed by atoms with Crippen molar-refractivity contribution in [2.24, 2.45) is 7.05 Å². The molecule has 110 valence electrons. The second-order valence-corrected chi connectivity index (χ2v) is 7.29. The van der Waals surface area contributed by atoms with Gasteiger partial charge in [0.1, 0.15) is 9.71 Å². The Balaban J connectivity index is 2.16. The molecule has 0 aliphatic heterocycles. The molecule has 6 nitrogen and oxygen atoms in total. The average Bonchev–Trinajstić information content (AvgIpc) is 2.89. The number of carbonyl (C=O) groups is 1. The number of thiophene rings is 1. The average molecular weight is 314 g/mol. The maximum Gasteiger partial charge on any atom is 0.263 e. The van der Waals surface area contributed by atoms with Crippen LogP contribution in [0.2, 0.25) is 0 Å². The van der Waals surface area contributed by atoms with Gasteiger partial charge in [-0.15, -0.1) is 11.3 Å². The van der Waals surface area contributed by atoms with Gasteiger partial charge in [-0.25, -0.2) is 0 Å². The summed E-state index contributed by atoms with van der Waals surface area (Å²) in [7, 11) is 0.955. The largest absolute Gasteiger partial charge is 0.397 e. The third-order valence-corrected chi connectivity index (χ3v) is 5.60. The first-order chi connectivity index (χ1) is 9.45. The summed E-state index contributed by atoms with van der Waals surface area (Å²) in [5.41, 5.74) is 7.35. The summed E-state index contributed by atoms with van der Waals surface area (Å²) in [4.78, 5) is 13.5. The molecule has 0 bridgehead atoms. The van der Waals surface area contributed by atoms with E-state index >= 15 is 0 Å². The maximum absolute atomic E-state index is 12.1. The number of nitrogens with one attached hydrogen (secondary N) is 1. The fraction of sp³-hybridized carbons (Fsp3) is 0.500. The summed E-state index contributed by atoms with van der Waals surface area (Å²) in [6.07, 6.45) is 0. The SMILES string of the molecule is CCS(=O)CCNC(=O)c1sc2c(c(C)nn2C)c1N. The van der Waals surface area contributed by atoms with Gasteiger partial charge in [0.25, 0.3) is 5.91 Å². The van der Waals surface area contributed by atoms with Gasteiger partial charge < -0.3 is 11.1 Å². The molecule has 2 aromatic rings. The first kappa shape index (κ1) is 15.0. The smallest absolute Gasteiger partial charge is 0.263 e. The normalized spacial score (nSPS) is 12.8. The van der Waals surface area contributed by atoms with Crippen LogP contribution in [-0.4, -0.2) is 37.9 Å². The third-order valence-electron chi connectivity index (χ3n) is 3.03. The number of nitrogens with zero attached hydrogens (tertiary/aromatic N) is 2. The van der Waals surface area contributed by atoms with Gasteiger partial charge in [0, 0.05) is 35.9 Å². The van der Waals surface area contributed by atoms with E-state index in [9.17, 15) is 9.00 Å². The van der Waals surface area contributed by atoms with E-state index in [4.69, 9.17) is 5.73 Å². The number of rotatable bonds is 5. The molecule has 0 spiro atoms. The van der Waals surface area contributed by atoms with E-state index in [1.54, 1.807) is 4.68 Å². The summed E-state index contributed by atoms with van der Waals surface area (Å²) < 4.78 is 13.0. The Morgan fingerprint density at radius 1 is 1.55 bits per heavy atom. The molecule has 20 heavy (non-hydrogen) atoms. The van der Waals surface area contributed by atoms with E-state index in [0.29, 0.717) is 28.6 Å². The molecular weight excluding hydrogens is 296 g/mol. The monoisotopic (exact) mass is 314 g/mol. The minimum atomic E-state index is -0.876. The van der Waals surface area contributed by atoms with Crippen LogP contribution >= 0.6 is 11.3 Å².